The first-order chi connectivity index (χ1) is 6.79. The van der Waals surface area contributed by atoms with Gasteiger partial charge in [0.1, 0.15) is 0 Å². The minimum atomic E-state index is 0.0757. The van der Waals surface area contributed by atoms with Gasteiger partial charge in [0.05, 0.1) is 18.1 Å². The molecule has 0 saturated heterocycles. The van der Waals surface area contributed by atoms with Gasteiger partial charge < -0.3 is 4.74 Å². The largest absolute Gasteiger partial charge is 0.377 e. The Kier molecular flexibility index (Phi) is 8.67. The third kappa shape index (κ3) is 5.24. The molecule has 0 N–H and O–H groups in total. The highest BCUT2D eigenvalue weighted by molar-refractivity contribution is 4.87. The number of hydrogen-bond donors (Lipinski definition) is 0. The van der Waals surface area contributed by atoms with E-state index in [1.807, 2.05) is 0 Å². The molecule has 2 unspecified atom stereocenters. The Bertz CT molecular complexity index is 162. The third-order valence-electron chi connectivity index (χ3n) is 2.46. The zero-order valence-electron chi connectivity index (χ0n) is 9.75. The van der Waals surface area contributed by atoms with Gasteiger partial charge in [-0.15, -0.1) is 0 Å². The van der Waals surface area contributed by atoms with Crippen molar-refractivity contribution >= 4 is 0 Å². The number of hydrogen-bond acceptors (Lipinski definition) is 2. The SMILES string of the molecule is CCCCOC(CCC)C(C#N)CC. The van der Waals surface area contributed by atoms with Crippen LogP contribution < -0.4 is 0 Å². The number of nitriles is 1. The highest BCUT2D eigenvalue weighted by Gasteiger charge is 2.18. The van der Waals surface area contributed by atoms with Crippen LogP contribution in [0.1, 0.15) is 52.9 Å². The maximum atomic E-state index is 8.95. The zero-order chi connectivity index (χ0) is 10.8. The second-order valence-corrected chi connectivity index (χ2v) is 3.70. The number of rotatable bonds is 8. The molecular weight excluding hydrogens is 174 g/mol. The molecule has 0 aliphatic heterocycles. The van der Waals surface area contributed by atoms with Crippen LogP contribution in [0.15, 0.2) is 0 Å². The fourth-order valence-corrected chi connectivity index (χ4v) is 1.50. The molecule has 0 bridgehead atoms. The Morgan fingerprint density at radius 1 is 1.21 bits per heavy atom. The topological polar surface area (TPSA) is 33.0 Å². The molecule has 0 rings (SSSR count). The highest BCUT2D eigenvalue weighted by Crippen LogP contribution is 2.16. The lowest BCUT2D eigenvalue weighted by atomic mass is 9.97. The molecule has 2 atom stereocenters. The molecule has 2 heteroatoms. The normalized spacial score (nSPS) is 14.7. The van der Waals surface area contributed by atoms with Crippen molar-refractivity contribution in [3.63, 3.8) is 0 Å². The smallest absolute Gasteiger partial charge is 0.0733 e. The van der Waals surface area contributed by atoms with Crippen molar-refractivity contribution < 1.29 is 4.74 Å². The van der Waals surface area contributed by atoms with E-state index in [1.165, 1.54) is 0 Å². The molecule has 0 aromatic heterocycles. The van der Waals surface area contributed by atoms with Crippen molar-refractivity contribution in [2.45, 2.75) is 59.0 Å². The van der Waals surface area contributed by atoms with Gasteiger partial charge in [0.15, 0.2) is 0 Å². The standard InChI is InChI=1S/C12H23NO/c1-4-7-9-14-12(8-5-2)11(6-3)10-13/h11-12H,4-9H2,1-3H3. The average molecular weight is 197 g/mol. The van der Waals surface area contributed by atoms with Gasteiger partial charge >= 0.3 is 0 Å². The van der Waals surface area contributed by atoms with Crippen LogP contribution in [0, 0.1) is 17.2 Å². The molecule has 0 aromatic rings. The van der Waals surface area contributed by atoms with Gasteiger partial charge in [-0.2, -0.15) is 5.26 Å². The Hall–Kier alpha value is -0.550. The van der Waals surface area contributed by atoms with Crippen molar-refractivity contribution in [3.8, 4) is 6.07 Å². The van der Waals surface area contributed by atoms with Crippen molar-refractivity contribution in [1.82, 2.24) is 0 Å². The fraction of sp³-hybridized carbons (Fsp3) is 0.917. The summed E-state index contributed by atoms with van der Waals surface area (Å²) in [6, 6.07) is 2.34. The molecule has 0 radical (unpaired) electrons. The summed E-state index contributed by atoms with van der Waals surface area (Å²) in [5, 5.41) is 8.95. The van der Waals surface area contributed by atoms with Gasteiger partial charge in [-0.25, -0.2) is 0 Å². The van der Waals surface area contributed by atoms with E-state index in [1.54, 1.807) is 0 Å². The molecule has 0 amide bonds. The van der Waals surface area contributed by atoms with E-state index in [9.17, 15) is 0 Å². The van der Waals surface area contributed by atoms with Crippen LogP contribution in [-0.4, -0.2) is 12.7 Å². The molecular formula is C12H23NO. The second-order valence-electron chi connectivity index (χ2n) is 3.70. The van der Waals surface area contributed by atoms with Crippen molar-refractivity contribution in [1.29, 1.82) is 5.26 Å². The molecule has 0 saturated carbocycles. The van der Waals surface area contributed by atoms with Gasteiger partial charge in [0, 0.05) is 6.61 Å². The number of unbranched alkanes of at least 4 members (excludes halogenated alkanes) is 1. The summed E-state index contributed by atoms with van der Waals surface area (Å²) in [4.78, 5) is 0. The Morgan fingerprint density at radius 3 is 2.36 bits per heavy atom. The summed E-state index contributed by atoms with van der Waals surface area (Å²) >= 11 is 0. The van der Waals surface area contributed by atoms with Crippen LogP contribution in [0.4, 0.5) is 0 Å². The van der Waals surface area contributed by atoms with E-state index >= 15 is 0 Å². The summed E-state index contributed by atoms with van der Waals surface area (Å²) in [6.07, 6.45) is 5.41. The molecule has 0 aliphatic carbocycles. The predicted molar refractivity (Wildman–Crippen MR) is 59.0 cm³/mol. The lowest BCUT2D eigenvalue weighted by molar-refractivity contribution is 0.0188. The van der Waals surface area contributed by atoms with Crippen LogP contribution in [0.5, 0.6) is 0 Å². The van der Waals surface area contributed by atoms with Crippen LogP contribution in [0.3, 0.4) is 0 Å². The maximum absolute atomic E-state index is 8.95. The summed E-state index contributed by atoms with van der Waals surface area (Å²) in [7, 11) is 0. The lowest BCUT2D eigenvalue weighted by Crippen LogP contribution is -2.23. The Labute approximate surface area is 88.3 Å². The van der Waals surface area contributed by atoms with Crippen LogP contribution in [0.2, 0.25) is 0 Å². The fourth-order valence-electron chi connectivity index (χ4n) is 1.50. The van der Waals surface area contributed by atoms with Crippen molar-refractivity contribution in [2.24, 2.45) is 5.92 Å². The van der Waals surface area contributed by atoms with Crippen LogP contribution in [-0.2, 0) is 4.74 Å². The van der Waals surface area contributed by atoms with Gasteiger partial charge in [-0.1, -0.05) is 33.6 Å². The minimum absolute atomic E-state index is 0.0757. The summed E-state index contributed by atoms with van der Waals surface area (Å²) in [6.45, 7) is 7.15. The van der Waals surface area contributed by atoms with Crippen molar-refractivity contribution in [2.75, 3.05) is 6.61 Å². The quantitative estimate of drug-likeness (QED) is 0.558. The van der Waals surface area contributed by atoms with Crippen LogP contribution in [0.25, 0.3) is 0 Å². The molecule has 2 nitrogen and oxygen atoms in total. The predicted octanol–water partition coefficient (Wildman–Crippen LogP) is 3.52. The van der Waals surface area contributed by atoms with Gasteiger partial charge in [-0.3, -0.25) is 0 Å². The minimum Gasteiger partial charge on any atom is -0.377 e. The summed E-state index contributed by atoms with van der Waals surface area (Å²) in [5.74, 6) is 0.0757. The van der Waals surface area contributed by atoms with E-state index in [-0.39, 0.29) is 12.0 Å². The van der Waals surface area contributed by atoms with E-state index in [0.717, 1.165) is 38.7 Å². The first-order valence-electron chi connectivity index (χ1n) is 5.81. The molecule has 14 heavy (non-hydrogen) atoms. The number of nitrogens with zero attached hydrogens (tertiary/aromatic N) is 1. The van der Waals surface area contributed by atoms with E-state index in [4.69, 9.17) is 10.00 Å². The summed E-state index contributed by atoms with van der Waals surface area (Å²) in [5.41, 5.74) is 0. The highest BCUT2D eigenvalue weighted by atomic mass is 16.5. The summed E-state index contributed by atoms with van der Waals surface area (Å²) < 4.78 is 5.74. The average Bonchev–Trinajstić information content (AvgIpc) is 2.20. The molecule has 0 aliphatic rings. The van der Waals surface area contributed by atoms with Crippen LogP contribution >= 0.6 is 0 Å². The third-order valence-corrected chi connectivity index (χ3v) is 2.46. The van der Waals surface area contributed by atoms with Gasteiger partial charge in [-0.05, 0) is 19.3 Å². The lowest BCUT2D eigenvalue weighted by Gasteiger charge is -2.20. The number of ether oxygens (including phenoxy) is 1. The first-order valence-corrected chi connectivity index (χ1v) is 5.81. The Morgan fingerprint density at radius 2 is 1.93 bits per heavy atom. The maximum Gasteiger partial charge on any atom is 0.0733 e. The molecule has 82 valence electrons. The van der Waals surface area contributed by atoms with E-state index in [2.05, 4.69) is 26.8 Å². The van der Waals surface area contributed by atoms with Gasteiger partial charge in [0.2, 0.25) is 0 Å². The molecule has 0 heterocycles. The van der Waals surface area contributed by atoms with E-state index < -0.39 is 0 Å². The van der Waals surface area contributed by atoms with Gasteiger partial charge in [0.25, 0.3) is 0 Å². The molecule has 0 fully saturated rings. The zero-order valence-corrected chi connectivity index (χ0v) is 9.75. The first kappa shape index (κ1) is 13.4. The van der Waals surface area contributed by atoms with Crippen molar-refractivity contribution in [3.05, 3.63) is 0 Å². The Balaban J connectivity index is 3.93. The van der Waals surface area contributed by atoms with E-state index in [0.29, 0.717) is 0 Å². The second kappa shape index (κ2) is 9.02. The molecule has 0 aromatic carbocycles. The molecule has 0 spiro atoms. The monoisotopic (exact) mass is 197 g/mol.